The number of rotatable bonds is 2. The highest BCUT2D eigenvalue weighted by atomic mass is 16.5. The molecule has 0 N–H and O–H groups in total. The fourth-order valence-electron chi connectivity index (χ4n) is 2.51. The van der Waals surface area contributed by atoms with E-state index < -0.39 is 0 Å². The molecule has 0 bridgehead atoms. The van der Waals surface area contributed by atoms with Gasteiger partial charge in [-0.05, 0) is 7.05 Å². The molecule has 0 atom stereocenters. The number of ether oxygens (including phenoxy) is 1. The van der Waals surface area contributed by atoms with Gasteiger partial charge in [0, 0.05) is 45.3 Å². The van der Waals surface area contributed by atoms with Gasteiger partial charge in [-0.25, -0.2) is 9.97 Å². The normalized spacial score (nSPS) is 21.7. The van der Waals surface area contributed by atoms with Crippen LogP contribution in [0.3, 0.4) is 0 Å². The zero-order valence-corrected chi connectivity index (χ0v) is 11.5. The summed E-state index contributed by atoms with van der Waals surface area (Å²) in [6.07, 6.45) is 1.68. The van der Waals surface area contributed by atoms with Gasteiger partial charge in [0.05, 0.1) is 13.2 Å². The third-order valence-corrected chi connectivity index (χ3v) is 3.80. The molecule has 0 saturated carbocycles. The van der Waals surface area contributed by atoms with E-state index in [9.17, 15) is 0 Å². The van der Waals surface area contributed by atoms with E-state index >= 15 is 0 Å². The Balaban J connectivity index is 1.72. The zero-order valence-electron chi connectivity index (χ0n) is 11.5. The first-order valence-corrected chi connectivity index (χ1v) is 6.91. The Morgan fingerprint density at radius 1 is 0.895 bits per heavy atom. The fraction of sp³-hybridized carbons (Fsp3) is 0.692. The van der Waals surface area contributed by atoms with Crippen LogP contribution < -0.4 is 9.80 Å². The summed E-state index contributed by atoms with van der Waals surface area (Å²) >= 11 is 0. The van der Waals surface area contributed by atoms with Crippen LogP contribution in [-0.2, 0) is 4.74 Å². The molecule has 2 aliphatic heterocycles. The van der Waals surface area contributed by atoms with E-state index in [1.807, 2.05) is 0 Å². The number of morpholine rings is 1. The number of likely N-dealkylation sites (N-methyl/N-ethyl adjacent to an activating group) is 1. The van der Waals surface area contributed by atoms with Gasteiger partial charge in [0.2, 0.25) is 0 Å². The predicted molar refractivity (Wildman–Crippen MR) is 74.8 cm³/mol. The highest BCUT2D eigenvalue weighted by Gasteiger charge is 2.18. The second-order valence-electron chi connectivity index (χ2n) is 5.12. The summed E-state index contributed by atoms with van der Waals surface area (Å²) in [4.78, 5) is 15.8. The third-order valence-electron chi connectivity index (χ3n) is 3.80. The van der Waals surface area contributed by atoms with E-state index in [0.717, 1.165) is 64.1 Å². The van der Waals surface area contributed by atoms with Crippen molar-refractivity contribution in [3.63, 3.8) is 0 Å². The molecule has 3 heterocycles. The quantitative estimate of drug-likeness (QED) is 0.752. The lowest BCUT2D eigenvalue weighted by atomic mass is 10.3. The zero-order chi connectivity index (χ0) is 13.1. The van der Waals surface area contributed by atoms with Crippen molar-refractivity contribution in [2.45, 2.75) is 0 Å². The van der Waals surface area contributed by atoms with Crippen LogP contribution in [0.1, 0.15) is 0 Å². The molecule has 0 amide bonds. The van der Waals surface area contributed by atoms with Gasteiger partial charge in [-0.15, -0.1) is 0 Å². The van der Waals surface area contributed by atoms with Gasteiger partial charge in [0.25, 0.3) is 0 Å². The summed E-state index contributed by atoms with van der Waals surface area (Å²) in [5.74, 6) is 2.07. The van der Waals surface area contributed by atoms with E-state index in [1.165, 1.54) is 0 Å². The maximum Gasteiger partial charge on any atom is 0.134 e. The van der Waals surface area contributed by atoms with Crippen LogP contribution in [0.4, 0.5) is 11.6 Å². The number of hydrogen-bond acceptors (Lipinski definition) is 6. The topological polar surface area (TPSA) is 44.7 Å². The lowest BCUT2D eigenvalue weighted by Crippen LogP contribution is -2.45. The van der Waals surface area contributed by atoms with Gasteiger partial charge < -0.3 is 19.4 Å². The minimum Gasteiger partial charge on any atom is -0.378 e. The predicted octanol–water partition coefficient (Wildman–Crippen LogP) is 0.0650. The number of piperazine rings is 1. The molecule has 6 heteroatoms. The van der Waals surface area contributed by atoms with Crippen molar-refractivity contribution in [3.8, 4) is 0 Å². The van der Waals surface area contributed by atoms with Crippen molar-refractivity contribution in [1.82, 2.24) is 14.9 Å². The van der Waals surface area contributed by atoms with Gasteiger partial charge in [-0.1, -0.05) is 0 Å². The molecule has 0 spiro atoms. The molecule has 19 heavy (non-hydrogen) atoms. The van der Waals surface area contributed by atoms with Crippen LogP contribution in [0, 0.1) is 0 Å². The van der Waals surface area contributed by atoms with Crippen LogP contribution in [0.2, 0.25) is 0 Å². The van der Waals surface area contributed by atoms with Gasteiger partial charge in [0.1, 0.15) is 18.0 Å². The average molecular weight is 263 g/mol. The summed E-state index contributed by atoms with van der Waals surface area (Å²) in [6, 6.07) is 2.11. The summed E-state index contributed by atoms with van der Waals surface area (Å²) in [5, 5.41) is 0. The summed E-state index contributed by atoms with van der Waals surface area (Å²) < 4.78 is 5.38. The second kappa shape index (κ2) is 5.71. The van der Waals surface area contributed by atoms with Crippen LogP contribution in [0.5, 0.6) is 0 Å². The van der Waals surface area contributed by atoms with Crippen molar-refractivity contribution in [2.75, 3.05) is 69.3 Å². The second-order valence-corrected chi connectivity index (χ2v) is 5.12. The summed E-state index contributed by atoms with van der Waals surface area (Å²) in [6.45, 7) is 7.67. The first-order valence-electron chi connectivity index (χ1n) is 6.91. The molecule has 0 aliphatic carbocycles. The Morgan fingerprint density at radius 2 is 1.47 bits per heavy atom. The standard InChI is InChI=1S/C13H21N5O/c1-16-2-4-17(5-3-16)12-10-13(15-11-14-12)18-6-8-19-9-7-18/h10-11H,2-9H2,1H3. The number of nitrogens with zero attached hydrogens (tertiary/aromatic N) is 5. The summed E-state index contributed by atoms with van der Waals surface area (Å²) in [7, 11) is 2.16. The van der Waals surface area contributed by atoms with Crippen LogP contribution in [0.15, 0.2) is 12.4 Å². The Labute approximate surface area is 114 Å². The SMILES string of the molecule is CN1CCN(c2cc(N3CCOCC3)ncn2)CC1. The van der Waals surface area contributed by atoms with E-state index in [4.69, 9.17) is 4.74 Å². The molecule has 104 valence electrons. The van der Waals surface area contributed by atoms with Gasteiger partial charge in [-0.2, -0.15) is 0 Å². The van der Waals surface area contributed by atoms with E-state index in [0.29, 0.717) is 0 Å². The van der Waals surface area contributed by atoms with Gasteiger partial charge in [0.15, 0.2) is 0 Å². The average Bonchev–Trinajstić information content (AvgIpc) is 2.49. The summed E-state index contributed by atoms with van der Waals surface area (Å²) in [5.41, 5.74) is 0. The first kappa shape index (κ1) is 12.6. The van der Waals surface area contributed by atoms with Crippen molar-refractivity contribution in [3.05, 3.63) is 12.4 Å². The molecule has 0 radical (unpaired) electrons. The molecule has 6 nitrogen and oxygen atoms in total. The molecule has 0 unspecified atom stereocenters. The molecule has 0 aromatic carbocycles. The smallest absolute Gasteiger partial charge is 0.134 e. The fourth-order valence-corrected chi connectivity index (χ4v) is 2.51. The Morgan fingerprint density at radius 3 is 2.11 bits per heavy atom. The van der Waals surface area contributed by atoms with Gasteiger partial charge >= 0.3 is 0 Å². The molecule has 2 aliphatic rings. The van der Waals surface area contributed by atoms with Crippen LogP contribution in [0.25, 0.3) is 0 Å². The van der Waals surface area contributed by atoms with Crippen molar-refractivity contribution in [2.24, 2.45) is 0 Å². The van der Waals surface area contributed by atoms with Gasteiger partial charge in [-0.3, -0.25) is 0 Å². The molecule has 2 saturated heterocycles. The highest BCUT2D eigenvalue weighted by molar-refractivity contribution is 5.50. The van der Waals surface area contributed by atoms with Crippen molar-refractivity contribution < 1.29 is 4.74 Å². The molecule has 1 aromatic rings. The number of hydrogen-bond donors (Lipinski definition) is 0. The molecule has 2 fully saturated rings. The first-order chi connectivity index (χ1) is 9.33. The molecule has 3 rings (SSSR count). The maximum absolute atomic E-state index is 5.38. The van der Waals surface area contributed by atoms with Crippen molar-refractivity contribution in [1.29, 1.82) is 0 Å². The Hall–Kier alpha value is -1.40. The van der Waals surface area contributed by atoms with E-state index in [1.54, 1.807) is 6.33 Å². The maximum atomic E-state index is 5.38. The van der Waals surface area contributed by atoms with E-state index in [2.05, 4.69) is 37.8 Å². The minimum atomic E-state index is 0.786. The molecular weight excluding hydrogens is 242 g/mol. The lowest BCUT2D eigenvalue weighted by molar-refractivity contribution is 0.122. The largest absolute Gasteiger partial charge is 0.378 e. The Bertz CT molecular complexity index is 413. The van der Waals surface area contributed by atoms with Crippen LogP contribution in [-0.4, -0.2) is 74.4 Å². The van der Waals surface area contributed by atoms with E-state index in [-0.39, 0.29) is 0 Å². The lowest BCUT2D eigenvalue weighted by Gasteiger charge is -2.34. The number of anilines is 2. The minimum absolute atomic E-state index is 0.786. The van der Waals surface area contributed by atoms with Crippen molar-refractivity contribution >= 4 is 11.6 Å². The van der Waals surface area contributed by atoms with Crippen LogP contribution >= 0.6 is 0 Å². The molecule has 1 aromatic heterocycles. The third kappa shape index (κ3) is 2.96. The Kier molecular flexibility index (Phi) is 3.79. The highest BCUT2D eigenvalue weighted by Crippen LogP contribution is 2.19. The monoisotopic (exact) mass is 263 g/mol. The molecular formula is C13H21N5O. The number of aromatic nitrogens is 2.